The summed E-state index contributed by atoms with van der Waals surface area (Å²) in [4.78, 5) is 1.12. The first-order valence-electron chi connectivity index (χ1n) is 5.61. The number of aliphatic hydroxyl groups is 1. The van der Waals surface area contributed by atoms with E-state index in [1.165, 1.54) is 9.40 Å². The largest absolute Gasteiger partial charge is 0.388 e. The Labute approximate surface area is 105 Å². The minimum atomic E-state index is -0.288. The minimum Gasteiger partial charge on any atom is -0.388 e. The van der Waals surface area contributed by atoms with Gasteiger partial charge in [0.05, 0.1) is 6.10 Å². The SMILES string of the molecule is CC(C)(C)CCC(O)c1cc2sccc2s1. The maximum absolute atomic E-state index is 10.1. The van der Waals surface area contributed by atoms with Crippen molar-refractivity contribution in [3.05, 3.63) is 22.4 Å². The average Bonchev–Trinajstić information content (AvgIpc) is 2.71. The van der Waals surface area contributed by atoms with Crippen LogP contribution in [0.25, 0.3) is 9.40 Å². The van der Waals surface area contributed by atoms with Crippen LogP contribution in [0, 0.1) is 5.41 Å². The van der Waals surface area contributed by atoms with E-state index in [4.69, 9.17) is 0 Å². The van der Waals surface area contributed by atoms with Gasteiger partial charge in [-0.15, -0.1) is 22.7 Å². The molecule has 1 unspecified atom stereocenters. The van der Waals surface area contributed by atoms with E-state index >= 15 is 0 Å². The van der Waals surface area contributed by atoms with Gasteiger partial charge in [0.15, 0.2) is 0 Å². The van der Waals surface area contributed by atoms with E-state index in [1.54, 1.807) is 22.7 Å². The molecule has 3 heteroatoms. The summed E-state index contributed by atoms with van der Waals surface area (Å²) in [6.07, 6.45) is 1.63. The maximum atomic E-state index is 10.1. The monoisotopic (exact) mass is 254 g/mol. The van der Waals surface area contributed by atoms with Gasteiger partial charge in [-0.25, -0.2) is 0 Å². The van der Waals surface area contributed by atoms with E-state index in [2.05, 4.69) is 38.3 Å². The molecule has 2 heterocycles. The molecule has 0 aliphatic rings. The second-order valence-corrected chi connectivity index (χ2v) is 7.48. The van der Waals surface area contributed by atoms with Gasteiger partial charge in [0, 0.05) is 14.3 Å². The van der Waals surface area contributed by atoms with E-state index in [0.29, 0.717) is 5.41 Å². The van der Waals surface area contributed by atoms with Gasteiger partial charge in [-0.2, -0.15) is 0 Å². The first kappa shape index (κ1) is 12.1. The van der Waals surface area contributed by atoms with Crippen molar-refractivity contribution in [1.82, 2.24) is 0 Å². The third kappa shape index (κ3) is 2.84. The summed E-state index contributed by atoms with van der Waals surface area (Å²) in [6, 6.07) is 4.27. The third-order valence-corrected chi connectivity index (χ3v) is 4.85. The topological polar surface area (TPSA) is 20.2 Å². The lowest BCUT2D eigenvalue weighted by Crippen LogP contribution is -2.07. The molecule has 0 aliphatic heterocycles. The Morgan fingerprint density at radius 3 is 2.69 bits per heavy atom. The smallest absolute Gasteiger partial charge is 0.0882 e. The molecule has 0 amide bonds. The zero-order valence-electron chi connectivity index (χ0n) is 9.99. The predicted octanol–water partition coefficient (Wildman–Crippen LogP) is 4.82. The number of fused-ring (bicyclic) bond motifs is 1. The van der Waals surface area contributed by atoms with Crippen molar-refractivity contribution in [2.45, 2.75) is 39.7 Å². The Balaban J connectivity index is 2.04. The van der Waals surface area contributed by atoms with Gasteiger partial charge in [0.1, 0.15) is 0 Å². The molecule has 0 spiro atoms. The number of aliphatic hydroxyl groups excluding tert-OH is 1. The molecule has 0 aromatic carbocycles. The van der Waals surface area contributed by atoms with Gasteiger partial charge in [0.25, 0.3) is 0 Å². The molecule has 0 aliphatic carbocycles. The predicted molar refractivity (Wildman–Crippen MR) is 73.4 cm³/mol. The molecule has 0 fully saturated rings. The summed E-state index contributed by atoms with van der Waals surface area (Å²) in [5, 5.41) is 12.2. The van der Waals surface area contributed by atoms with Crippen LogP contribution in [0.15, 0.2) is 17.5 Å². The summed E-state index contributed by atoms with van der Waals surface area (Å²) in [7, 11) is 0. The zero-order valence-corrected chi connectivity index (χ0v) is 11.6. The molecular formula is C13H18OS2. The van der Waals surface area contributed by atoms with Crippen molar-refractivity contribution in [2.24, 2.45) is 5.41 Å². The summed E-state index contributed by atoms with van der Waals surface area (Å²) >= 11 is 3.47. The Kier molecular flexibility index (Phi) is 3.38. The fraction of sp³-hybridized carbons (Fsp3) is 0.538. The molecule has 2 aromatic heterocycles. The zero-order chi connectivity index (χ0) is 11.8. The van der Waals surface area contributed by atoms with Gasteiger partial charge in [0.2, 0.25) is 0 Å². The summed E-state index contributed by atoms with van der Waals surface area (Å²) < 4.78 is 2.60. The molecular weight excluding hydrogens is 236 g/mol. The van der Waals surface area contributed by atoms with Crippen molar-refractivity contribution >= 4 is 32.1 Å². The highest BCUT2D eigenvalue weighted by atomic mass is 32.1. The Bertz CT molecular complexity index is 433. The first-order valence-corrected chi connectivity index (χ1v) is 7.30. The number of thiophene rings is 2. The normalized spacial score (nSPS) is 14.5. The second kappa shape index (κ2) is 4.47. The van der Waals surface area contributed by atoms with Gasteiger partial charge >= 0.3 is 0 Å². The molecule has 1 N–H and O–H groups in total. The molecule has 0 bridgehead atoms. The molecule has 2 rings (SSSR count). The number of hydrogen-bond donors (Lipinski definition) is 1. The lowest BCUT2D eigenvalue weighted by Gasteiger charge is -2.19. The second-order valence-electron chi connectivity index (χ2n) is 5.41. The van der Waals surface area contributed by atoms with Crippen LogP contribution in [-0.2, 0) is 0 Å². The highest BCUT2D eigenvalue weighted by Crippen LogP contribution is 2.36. The molecule has 0 saturated carbocycles. The number of rotatable bonds is 3. The van der Waals surface area contributed by atoms with Gasteiger partial charge in [-0.3, -0.25) is 0 Å². The van der Waals surface area contributed by atoms with Crippen molar-refractivity contribution in [3.63, 3.8) is 0 Å². The van der Waals surface area contributed by atoms with E-state index in [1.807, 2.05) is 0 Å². The van der Waals surface area contributed by atoms with Crippen LogP contribution >= 0.6 is 22.7 Å². The van der Waals surface area contributed by atoms with Crippen molar-refractivity contribution in [1.29, 1.82) is 0 Å². The summed E-state index contributed by atoms with van der Waals surface area (Å²) in [6.45, 7) is 6.64. The highest BCUT2D eigenvalue weighted by Gasteiger charge is 2.16. The molecule has 88 valence electrons. The van der Waals surface area contributed by atoms with Crippen LogP contribution in [0.2, 0.25) is 0 Å². The standard InChI is InChI=1S/C13H18OS2/c1-13(2,3)6-4-9(14)11-8-12-10(16-11)5-7-15-12/h5,7-9,14H,4,6H2,1-3H3. The summed E-state index contributed by atoms with van der Waals surface area (Å²) in [5.41, 5.74) is 0.301. The minimum absolute atomic E-state index is 0.288. The highest BCUT2D eigenvalue weighted by molar-refractivity contribution is 7.26. The fourth-order valence-corrected chi connectivity index (χ4v) is 3.80. The van der Waals surface area contributed by atoms with E-state index < -0.39 is 0 Å². The van der Waals surface area contributed by atoms with Gasteiger partial charge in [-0.1, -0.05) is 20.8 Å². The molecule has 1 nitrogen and oxygen atoms in total. The third-order valence-electron chi connectivity index (χ3n) is 2.65. The Hall–Kier alpha value is -0.380. The van der Waals surface area contributed by atoms with Crippen LogP contribution in [0.5, 0.6) is 0 Å². The fourth-order valence-electron chi connectivity index (χ4n) is 1.66. The van der Waals surface area contributed by atoms with E-state index in [9.17, 15) is 5.11 Å². The summed E-state index contributed by atoms with van der Waals surface area (Å²) in [5.74, 6) is 0. The Morgan fingerprint density at radius 1 is 1.31 bits per heavy atom. The van der Waals surface area contributed by atoms with Crippen LogP contribution in [0.1, 0.15) is 44.6 Å². The average molecular weight is 254 g/mol. The van der Waals surface area contributed by atoms with Crippen LogP contribution in [0.4, 0.5) is 0 Å². The van der Waals surface area contributed by atoms with E-state index in [0.717, 1.165) is 17.7 Å². The van der Waals surface area contributed by atoms with E-state index in [-0.39, 0.29) is 6.10 Å². The maximum Gasteiger partial charge on any atom is 0.0882 e. The quantitative estimate of drug-likeness (QED) is 0.832. The Morgan fingerprint density at radius 2 is 2.06 bits per heavy atom. The van der Waals surface area contributed by atoms with Crippen molar-refractivity contribution in [2.75, 3.05) is 0 Å². The van der Waals surface area contributed by atoms with Gasteiger partial charge in [-0.05, 0) is 35.8 Å². The number of hydrogen-bond acceptors (Lipinski definition) is 3. The van der Waals surface area contributed by atoms with Crippen LogP contribution in [0.3, 0.4) is 0 Å². The van der Waals surface area contributed by atoms with Crippen LogP contribution in [-0.4, -0.2) is 5.11 Å². The molecule has 16 heavy (non-hydrogen) atoms. The molecule has 1 atom stereocenters. The molecule has 0 radical (unpaired) electrons. The molecule has 2 aromatic rings. The lowest BCUT2D eigenvalue weighted by atomic mass is 9.89. The lowest BCUT2D eigenvalue weighted by molar-refractivity contribution is 0.151. The first-order chi connectivity index (χ1) is 7.46. The van der Waals surface area contributed by atoms with Crippen molar-refractivity contribution in [3.8, 4) is 0 Å². The molecule has 0 saturated heterocycles. The van der Waals surface area contributed by atoms with Crippen LogP contribution < -0.4 is 0 Å². The van der Waals surface area contributed by atoms with Crippen molar-refractivity contribution < 1.29 is 5.11 Å². The van der Waals surface area contributed by atoms with Gasteiger partial charge < -0.3 is 5.11 Å².